The fourth-order valence-electron chi connectivity index (χ4n) is 11.0. The fourth-order valence-corrected chi connectivity index (χ4v) is 11.0. The first-order valence-corrected chi connectivity index (χ1v) is 26.0. The van der Waals surface area contributed by atoms with Gasteiger partial charge in [0.15, 0.2) is 11.4 Å². The van der Waals surface area contributed by atoms with Gasteiger partial charge >= 0.3 is 36.3 Å². The van der Waals surface area contributed by atoms with Crippen LogP contribution in [0.5, 0.6) is 0 Å². The lowest BCUT2D eigenvalue weighted by Gasteiger charge is -2.63. The molecule has 3 N–H and O–H groups in total. The Bertz CT molecular complexity index is 2850. The van der Waals surface area contributed by atoms with E-state index in [0.717, 1.165) is 6.92 Å². The maximum Gasteiger partial charge on any atom is 0.509 e. The molecule has 1 saturated carbocycles. The molecule has 1 unspecified atom stereocenters. The van der Waals surface area contributed by atoms with E-state index in [0.29, 0.717) is 11.1 Å². The smallest absolute Gasteiger partial charge is 0.455 e. The lowest BCUT2D eigenvalue weighted by Crippen LogP contribution is -2.77. The van der Waals surface area contributed by atoms with Crippen LogP contribution in [0, 0.1) is 17.3 Å². The van der Waals surface area contributed by atoms with Crippen molar-refractivity contribution in [3.8, 4) is 0 Å². The Morgan fingerprint density at radius 3 is 1.82 bits per heavy atom. The molecule has 0 radical (unpaired) electrons. The number of carbonyl (C=O) groups is 7. The summed E-state index contributed by atoms with van der Waals surface area (Å²) in [6.45, 7) is 12.7. The topological polar surface area (TPSA) is 255 Å². The molecule has 0 aromatic heterocycles. The van der Waals surface area contributed by atoms with Gasteiger partial charge < -0.3 is 58.2 Å². The first-order valence-electron chi connectivity index (χ1n) is 26.0. The highest BCUT2D eigenvalue weighted by atomic mass is 16.7. The van der Waals surface area contributed by atoms with Crippen LogP contribution in [0.4, 0.5) is 14.4 Å². The van der Waals surface area contributed by atoms with Crippen molar-refractivity contribution in [3.63, 3.8) is 0 Å². The summed E-state index contributed by atoms with van der Waals surface area (Å²) < 4.78 is 53.6. The third kappa shape index (κ3) is 13.5. The van der Waals surface area contributed by atoms with Crippen molar-refractivity contribution in [2.75, 3.05) is 6.61 Å². The van der Waals surface area contributed by atoms with E-state index in [1.807, 2.05) is 0 Å². The van der Waals surface area contributed by atoms with E-state index in [2.05, 4.69) is 5.32 Å². The highest BCUT2D eigenvalue weighted by Gasteiger charge is 2.72. The molecule has 3 aliphatic rings. The number of ether oxygens (including phenoxy) is 9. The maximum atomic E-state index is 15.3. The minimum absolute atomic E-state index is 0.0325. The second-order valence-corrected chi connectivity index (χ2v) is 21.7. The van der Waals surface area contributed by atoms with Crippen LogP contribution in [-0.4, -0.2) is 112 Å². The van der Waals surface area contributed by atoms with Crippen LogP contribution in [0.15, 0.2) is 132 Å². The molecule has 7 rings (SSSR count). The molecule has 4 aromatic carbocycles. The number of alkyl carbamates (subject to hydrolysis) is 1. The van der Waals surface area contributed by atoms with Gasteiger partial charge in [0, 0.05) is 37.0 Å². The summed E-state index contributed by atoms with van der Waals surface area (Å²) in [5, 5.41) is 28.8. The van der Waals surface area contributed by atoms with Gasteiger partial charge in [-0.25, -0.2) is 24.0 Å². The molecule has 19 heteroatoms. The van der Waals surface area contributed by atoms with Crippen LogP contribution in [0.2, 0.25) is 0 Å². The summed E-state index contributed by atoms with van der Waals surface area (Å²) in [6, 6.07) is 31.8. The maximum absolute atomic E-state index is 15.3. The van der Waals surface area contributed by atoms with Crippen molar-refractivity contribution in [3.05, 3.63) is 155 Å². The molecule has 79 heavy (non-hydrogen) atoms. The van der Waals surface area contributed by atoms with Gasteiger partial charge in [0.1, 0.15) is 61.0 Å². The van der Waals surface area contributed by atoms with Gasteiger partial charge in [-0.3, -0.25) is 9.59 Å². The number of esters is 3. The number of rotatable bonds is 18. The van der Waals surface area contributed by atoms with Gasteiger partial charge in [-0.1, -0.05) is 130 Å². The van der Waals surface area contributed by atoms with E-state index in [1.54, 1.807) is 137 Å². The van der Waals surface area contributed by atoms with E-state index in [4.69, 9.17) is 42.6 Å². The number of fused-ring (bicyclic) bond motifs is 1. The van der Waals surface area contributed by atoms with E-state index in [1.165, 1.54) is 39.8 Å². The van der Waals surface area contributed by atoms with Crippen LogP contribution in [0.25, 0.3) is 0 Å². The van der Waals surface area contributed by atoms with Crippen molar-refractivity contribution in [2.24, 2.45) is 17.3 Å². The molecular formula is C60H69NO18. The Morgan fingerprint density at radius 1 is 0.759 bits per heavy atom. The Balaban J connectivity index is 1.35. The van der Waals surface area contributed by atoms with Crippen molar-refractivity contribution < 1.29 is 86.4 Å². The molecule has 0 bridgehead atoms. The number of carbonyl (C=O) groups excluding carboxylic acids is 7. The van der Waals surface area contributed by atoms with Gasteiger partial charge in [0.25, 0.3) is 0 Å². The van der Waals surface area contributed by atoms with Crippen LogP contribution in [-0.2, 0) is 70.2 Å². The first kappa shape index (κ1) is 59.1. The van der Waals surface area contributed by atoms with Gasteiger partial charge in [-0.2, -0.15) is 0 Å². The minimum atomic E-state index is -2.56. The predicted octanol–water partition coefficient (Wildman–Crippen LogP) is 8.62. The Morgan fingerprint density at radius 2 is 1.30 bits per heavy atom. The molecule has 1 aliphatic heterocycles. The van der Waals surface area contributed by atoms with E-state index in [-0.39, 0.29) is 48.5 Å². The van der Waals surface area contributed by atoms with Crippen LogP contribution < -0.4 is 5.32 Å². The monoisotopic (exact) mass is 1090 g/mol. The van der Waals surface area contributed by atoms with Gasteiger partial charge in [0.05, 0.1) is 12.2 Å². The van der Waals surface area contributed by atoms with Crippen LogP contribution in [0.3, 0.4) is 0 Å². The summed E-state index contributed by atoms with van der Waals surface area (Å²) in [5.74, 6) is -6.12. The molecule has 1 amide bonds. The second-order valence-electron chi connectivity index (χ2n) is 21.7. The summed E-state index contributed by atoms with van der Waals surface area (Å²) in [7, 11) is 0. The Kier molecular flexibility index (Phi) is 18.4. The van der Waals surface area contributed by atoms with Crippen molar-refractivity contribution in [1.82, 2.24) is 5.32 Å². The molecule has 2 aliphatic carbocycles. The lowest BCUT2D eigenvalue weighted by atomic mass is 9.52. The zero-order valence-electron chi connectivity index (χ0n) is 45.7. The number of aliphatic hydroxyl groups excluding tert-OH is 1. The third-order valence-corrected chi connectivity index (χ3v) is 14.9. The van der Waals surface area contributed by atoms with E-state index < -0.39 is 125 Å². The fraction of sp³-hybridized carbons (Fsp3) is 0.450. The average Bonchev–Trinajstić information content (AvgIpc) is 3.60. The zero-order valence-corrected chi connectivity index (χ0v) is 45.7. The number of benzene rings is 4. The predicted molar refractivity (Wildman–Crippen MR) is 281 cm³/mol. The third-order valence-electron chi connectivity index (χ3n) is 14.9. The Labute approximate surface area is 458 Å². The number of nitrogens with one attached hydrogen (secondary N) is 1. The summed E-state index contributed by atoms with van der Waals surface area (Å²) >= 11 is 0. The normalized spacial score (nSPS) is 24.7. The average molecular weight is 1090 g/mol. The summed E-state index contributed by atoms with van der Waals surface area (Å²) in [6.07, 6.45) is -13.8. The van der Waals surface area contributed by atoms with Crippen molar-refractivity contribution in [2.45, 2.75) is 148 Å². The van der Waals surface area contributed by atoms with Crippen LogP contribution >= 0.6 is 0 Å². The Hall–Kier alpha value is -7.61. The number of Topliss-reactive ketones (excluding diaryl/α,β-unsaturated/α-hetero) is 1. The summed E-state index contributed by atoms with van der Waals surface area (Å²) in [5.41, 5.74) is -5.60. The molecule has 11 atom stereocenters. The highest BCUT2D eigenvalue weighted by molar-refractivity contribution is 5.89. The number of hydrogen-bond donors (Lipinski definition) is 3. The number of ketones is 1. The van der Waals surface area contributed by atoms with Crippen molar-refractivity contribution >= 4 is 42.1 Å². The molecule has 422 valence electrons. The SMILES string of the molecule is CC(=O)O[C@@]12CO[C@@H]1C[C@H](OC(=O)OCc1ccccc1)[C@H](C)C2[C@H](OC(=O)c1ccccc1)[C@]1(O)C[C@H](OC(=O)[C@H](OC(=O)OCc2ccccc2)[C@@H](NC(=O)OC(C)(C)C)c2ccccc2)C(C)=C([C@@H](O)C(C)=O)C1(C)C. The minimum Gasteiger partial charge on any atom is -0.455 e. The molecule has 2 fully saturated rings. The molecule has 0 spiro atoms. The molecule has 1 heterocycles. The van der Waals surface area contributed by atoms with Gasteiger partial charge in [-0.15, -0.1) is 0 Å². The molecular weight excluding hydrogens is 1020 g/mol. The molecule has 19 nitrogen and oxygen atoms in total. The quantitative estimate of drug-likeness (QED) is 0.0479. The first-order chi connectivity index (χ1) is 37.3. The highest BCUT2D eigenvalue weighted by Crippen LogP contribution is 2.59. The number of amides is 1. The number of hydrogen-bond acceptors (Lipinski definition) is 18. The lowest BCUT2D eigenvalue weighted by molar-refractivity contribution is -0.332. The standard InChI is InChI=1S/C60H69NO18/c1-35-43(75-55(68)71-32-39-22-14-10-15-23-39)30-45-59(34-73-45,78-38(4)63)47(35)51(77-52(65)42-28-20-13-21-29-42)60(70)31-44(36(2)46(58(60,8)9)49(64)37(3)62)74-53(66)50(76-56(69)72-33-40-24-16-11-17-25-40)48(41-26-18-12-19-27-41)61-54(67)79-57(5,6)7/h10-29,35,43-45,47-51,64,70H,30-34H2,1-9H3,(H,61,67)/t35-,43-,44-,45+,47?,48-,49-,50+,51-,59-,60+/m0/s1. The zero-order chi connectivity index (χ0) is 57.5. The molecule has 4 aromatic rings. The van der Waals surface area contributed by atoms with E-state index >= 15 is 4.79 Å². The largest absolute Gasteiger partial charge is 0.509 e. The summed E-state index contributed by atoms with van der Waals surface area (Å²) in [4.78, 5) is 97.7. The van der Waals surface area contributed by atoms with Gasteiger partial charge in [0.2, 0.25) is 6.10 Å². The van der Waals surface area contributed by atoms with Gasteiger partial charge in [-0.05, 0) is 74.6 Å². The second kappa shape index (κ2) is 24.6. The van der Waals surface area contributed by atoms with Crippen molar-refractivity contribution in [1.29, 1.82) is 0 Å². The number of aliphatic hydroxyl groups is 2. The van der Waals surface area contributed by atoms with Crippen LogP contribution in [0.1, 0.15) is 108 Å². The van der Waals surface area contributed by atoms with E-state index in [9.17, 15) is 39.0 Å². The molecule has 1 saturated heterocycles.